The number of aliphatic hydroxyl groups excluding tert-OH is 1. The maximum atomic E-state index is 12.0. The number of nitrogens with zero attached hydrogens (tertiary/aromatic N) is 3. The van der Waals surface area contributed by atoms with Crippen LogP contribution in [-0.4, -0.2) is 38.2 Å². The van der Waals surface area contributed by atoms with Gasteiger partial charge in [0.2, 0.25) is 0 Å². The summed E-state index contributed by atoms with van der Waals surface area (Å²) in [5, 5.41) is 24.7. The van der Waals surface area contributed by atoms with Crippen LogP contribution in [0.15, 0.2) is 18.2 Å². The summed E-state index contributed by atoms with van der Waals surface area (Å²) in [6, 6.07) is 5.30. The van der Waals surface area contributed by atoms with Crippen LogP contribution in [0.2, 0.25) is 0 Å². The fourth-order valence-corrected chi connectivity index (χ4v) is 1.63. The van der Waals surface area contributed by atoms with Crippen LogP contribution in [-0.2, 0) is 6.54 Å². The number of rotatable bonds is 4. The van der Waals surface area contributed by atoms with Crippen LogP contribution < -0.4 is 5.32 Å². The number of benzene rings is 1. The number of carbonyl (C=O) groups excluding carboxylic acids is 1. The Kier molecular flexibility index (Phi) is 5.01. The third-order valence-electron chi connectivity index (χ3n) is 2.76. The third-order valence-corrected chi connectivity index (χ3v) is 2.76. The molecule has 108 valence electrons. The highest BCUT2D eigenvalue weighted by Gasteiger charge is 2.08. The molecule has 0 saturated heterocycles. The van der Waals surface area contributed by atoms with Crippen molar-refractivity contribution in [1.82, 2.24) is 25.9 Å². The molecular weight excluding hydrogens is 270 g/mol. The number of carbonyl (C=O) groups is 1. The molecule has 0 saturated carbocycles. The number of hydrogen-bond donors (Lipinski definition) is 3. The first-order chi connectivity index (χ1) is 10.2. The molecule has 0 aliphatic heterocycles. The number of aryl methyl sites for hydroxylation is 1. The van der Waals surface area contributed by atoms with E-state index >= 15 is 0 Å². The molecule has 7 heteroatoms. The van der Waals surface area contributed by atoms with Crippen LogP contribution in [0.5, 0.6) is 0 Å². The summed E-state index contributed by atoms with van der Waals surface area (Å²) in [6.45, 7) is 2.15. The van der Waals surface area contributed by atoms with E-state index in [0.29, 0.717) is 17.8 Å². The van der Waals surface area contributed by atoms with Gasteiger partial charge >= 0.3 is 0 Å². The van der Waals surface area contributed by atoms with Gasteiger partial charge in [0, 0.05) is 17.5 Å². The average molecular weight is 285 g/mol. The zero-order valence-corrected chi connectivity index (χ0v) is 11.6. The number of H-pyrrole nitrogens is 1. The van der Waals surface area contributed by atoms with Crippen molar-refractivity contribution in [3.8, 4) is 11.8 Å². The van der Waals surface area contributed by atoms with Gasteiger partial charge in [-0.2, -0.15) is 5.21 Å². The molecule has 0 spiro atoms. The molecule has 3 N–H and O–H groups in total. The maximum Gasteiger partial charge on any atom is 0.251 e. The van der Waals surface area contributed by atoms with Crippen molar-refractivity contribution >= 4 is 5.91 Å². The molecule has 7 nitrogen and oxygen atoms in total. The van der Waals surface area contributed by atoms with Crippen LogP contribution in [0.25, 0.3) is 0 Å². The molecule has 0 fully saturated rings. The number of hydrogen-bond acceptors (Lipinski definition) is 5. The second kappa shape index (κ2) is 7.17. The molecule has 0 atom stereocenters. The molecule has 0 bridgehead atoms. The van der Waals surface area contributed by atoms with Crippen LogP contribution in [0.1, 0.15) is 33.7 Å². The van der Waals surface area contributed by atoms with Crippen molar-refractivity contribution in [2.75, 3.05) is 6.61 Å². The van der Waals surface area contributed by atoms with E-state index < -0.39 is 0 Å². The van der Waals surface area contributed by atoms with E-state index in [-0.39, 0.29) is 19.1 Å². The van der Waals surface area contributed by atoms with Crippen LogP contribution in [0.4, 0.5) is 0 Å². The Labute approximate surface area is 121 Å². The molecule has 1 amide bonds. The zero-order valence-electron chi connectivity index (χ0n) is 11.6. The number of nitrogens with one attached hydrogen (secondary N) is 2. The molecule has 1 aromatic carbocycles. The fourth-order valence-electron chi connectivity index (χ4n) is 1.63. The van der Waals surface area contributed by atoms with E-state index in [1.54, 1.807) is 12.1 Å². The van der Waals surface area contributed by atoms with E-state index in [4.69, 9.17) is 5.11 Å². The number of amides is 1. The van der Waals surface area contributed by atoms with E-state index in [9.17, 15) is 4.79 Å². The minimum absolute atomic E-state index is 0.0247. The highest BCUT2D eigenvalue weighted by Crippen LogP contribution is 2.10. The van der Waals surface area contributed by atoms with E-state index in [1.807, 2.05) is 13.0 Å². The highest BCUT2D eigenvalue weighted by atomic mass is 16.2. The number of aromatic nitrogens is 4. The van der Waals surface area contributed by atoms with Crippen molar-refractivity contribution in [2.24, 2.45) is 0 Å². The smallest absolute Gasteiger partial charge is 0.251 e. The van der Waals surface area contributed by atoms with Gasteiger partial charge in [-0.15, -0.1) is 10.2 Å². The largest absolute Gasteiger partial charge is 0.395 e. The minimum Gasteiger partial charge on any atom is -0.395 e. The molecule has 0 unspecified atom stereocenters. The summed E-state index contributed by atoms with van der Waals surface area (Å²) in [5.74, 6) is 5.98. The van der Waals surface area contributed by atoms with Gasteiger partial charge in [-0.1, -0.05) is 23.1 Å². The van der Waals surface area contributed by atoms with Crippen molar-refractivity contribution in [3.63, 3.8) is 0 Å². The first-order valence-electron chi connectivity index (χ1n) is 6.41. The van der Waals surface area contributed by atoms with Crippen molar-refractivity contribution < 1.29 is 9.90 Å². The molecular formula is C14H15N5O2. The third kappa shape index (κ3) is 4.12. The van der Waals surface area contributed by atoms with Crippen LogP contribution in [0, 0.1) is 18.8 Å². The predicted molar refractivity (Wildman–Crippen MR) is 75.1 cm³/mol. The molecule has 21 heavy (non-hydrogen) atoms. The van der Waals surface area contributed by atoms with Gasteiger partial charge in [-0.25, -0.2) is 0 Å². The lowest BCUT2D eigenvalue weighted by molar-refractivity contribution is 0.0950. The Hall–Kier alpha value is -2.72. The molecule has 1 heterocycles. The molecule has 0 radical (unpaired) electrons. The van der Waals surface area contributed by atoms with E-state index in [1.165, 1.54) is 0 Å². The molecule has 2 aromatic rings. The van der Waals surface area contributed by atoms with Gasteiger partial charge in [-0.3, -0.25) is 4.79 Å². The SMILES string of the molecule is Cc1ccc(C(=O)NCc2nn[nH]n2)cc1C#CCCO. The van der Waals surface area contributed by atoms with Crippen molar-refractivity contribution in [2.45, 2.75) is 19.9 Å². The second-order valence-electron chi connectivity index (χ2n) is 4.32. The Morgan fingerprint density at radius 2 is 2.33 bits per heavy atom. The van der Waals surface area contributed by atoms with Gasteiger partial charge in [0.1, 0.15) is 0 Å². The number of aromatic amines is 1. The lowest BCUT2D eigenvalue weighted by Gasteiger charge is -2.05. The second-order valence-corrected chi connectivity index (χ2v) is 4.32. The van der Waals surface area contributed by atoms with Crippen molar-refractivity contribution in [3.05, 3.63) is 40.7 Å². The van der Waals surface area contributed by atoms with Gasteiger partial charge < -0.3 is 10.4 Å². The van der Waals surface area contributed by atoms with Gasteiger partial charge in [-0.05, 0) is 24.6 Å². The van der Waals surface area contributed by atoms with E-state index in [0.717, 1.165) is 11.1 Å². The standard InChI is InChI=1S/C14H15N5O2/c1-10-5-6-12(8-11(10)4-2-3-7-20)14(21)15-9-13-16-18-19-17-13/h5-6,8,20H,3,7,9H2,1H3,(H,15,21)(H,16,17,18,19). The fraction of sp³-hybridized carbons (Fsp3) is 0.286. The van der Waals surface area contributed by atoms with Gasteiger partial charge in [0.15, 0.2) is 5.82 Å². The maximum absolute atomic E-state index is 12.0. The normalized spacial score (nSPS) is 9.81. The monoisotopic (exact) mass is 285 g/mol. The molecule has 1 aromatic heterocycles. The Morgan fingerprint density at radius 3 is 3.05 bits per heavy atom. The number of aliphatic hydroxyl groups is 1. The summed E-state index contributed by atoms with van der Waals surface area (Å²) in [7, 11) is 0. The summed E-state index contributed by atoms with van der Waals surface area (Å²) >= 11 is 0. The van der Waals surface area contributed by atoms with Crippen LogP contribution in [0.3, 0.4) is 0 Å². The summed E-state index contributed by atoms with van der Waals surface area (Å²) in [5.41, 5.74) is 2.27. The average Bonchev–Trinajstić information content (AvgIpc) is 3.00. The van der Waals surface area contributed by atoms with Crippen LogP contribution >= 0.6 is 0 Å². The Bertz CT molecular complexity index is 670. The summed E-state index contributed by atoms with van der Waals surface area (Å²) in [4.78, 5) is 12.0. The van der Waals surface area contributed by atoms with Gasteiger partial charge in [0.05, 0.1) is 13.2 Å². The molecule has 2 rings (SSSR count). The quantitative estimate of drug-likeness (QED) is 0.695. The lowest BCUT2D eigenvalue weighted by atomic mass is 10.0. The first-order valence-corrected chi connectivity index (χ1v) is 6.41. The van der Waals surface area contributed by atoms with Crippen molar-refractivity contribution in [1.29, 1.82) is 0 Å². The summed E-state index contributed by atoms with van der Waals surface area (Å²) < 4.78 is 0. The number of tetrazole rings is 1. The zero-order chi connectivity index (χ0) is 15.1. The minimum atomic E-state index is -0.231. The van der Waals surface area contributed by atoms with E-state index in [2.05, 4.69) is 37.8 Å². The van der Waals surface area contributed by atoms with Gasteiger partial charge in [0.25, 0.3) is 5.91 Å². The highest BCUT2D eigenvalue weighted by molar-refractivity contribution is 5.94. The Morgan fingerprint density at radius 1 is 1.48 bits per heavy atom. The first kappa shape index (κ1) is 14.7. The molecule has 0 aliphatic rings. The topological polar surface area (TPSA) is 104 Å². The summed E-state index contributed by atoms with van der Waals surface area (Å²) in [6.07, 6.45) is 0.410. The predicted octanol–water partition coefficient (Wildman–Crippen LogP) is 0.172. The molecule has 0 aliphatic carbocycles. The lowest BCUT2D eigenvalue weighted by Crippen LogP contribution is -2.23. The Balaban J connectivity index is 2.07.